The quantitative estimate of drug-likeness (QED) is 0.674. The summed E-state index contributed by atoms with van der Waals surface area (Å²) in [4.78, 5) is 10.2. The van der Waals surface area contributed by atoms with Crippen LogP contribution < -0.4 is 5.11 Å². The molecule has 0 aromatic heterocycles. The molecule has 3 nitrogen and oxygen atoms in total. The minimum absolute atomic E-state index is 0.245. The van der Waals surface area contributed by atoms with E-state index in [1.165, 1.54) is 0 Å². The van der Waals surface area contributed by atoms with E-state index in [1.54, 1.807) is 0 Å². The van der Waals surface area contributed by atoms with Gasteiger partial charge in [0.05, 0.1) is 11.1 Å². The molecule has 1 N–H and O–H groups in total. The van der Waals surface area contributed by atoms with Gasteiger partial charge in [0.25, 0.3) is 0 Å². The molecule has 1 rings (SSSR count). The van der Waals surface area contributed by atoms with Gasteiger partial charge in [-0.1, -0.05) is 17.9 Å². The summed E-state index contributed by atoms with van der Waals surface area (Å²) in [5.41, 5.74) is -5.61. The second-order valence-electron chi connectivity index (χ2n) is 3.57. The van der Waals surface area contributed by atoms with Crippen LogP contribution in [0.15, 0.2) is 18.2 Å². The fourth-order valence-corrected chi connectivity index (χ4v) is 1.49. The van der Waals surface area contributed by atoms with Gasteiger partial charge in [0, 0.05) is 6.08 Å². The highest BCUT2D eigenvalue weighted by Crippen LogP contribution is 2.45. The van der Waals surface area contributed by atoms with E-state index in [4.69, 9.17) is 5.11 Å². The molecule has 0 aliphatic rings. The zero-order valence-corrected chi connectivity index (χ0v) is 9.34. The Hall–Kier alpha value is -2.19. The van der Waals surface area contributed by atoms with E-state index in [2.05, 4.69) is 0 Å². The molecule has 0 amide bonds. The molecule has 0 heterocycles. The van der Waals surface area contributed by atoms with Gasteiger partial charge in [-0.2, -0.15) is 26.3 Å². The molecule has 9 heteroatoms. The first-order valence-electron chi connectivity index (χ1n) is 4.84. The molecular weight excluding hydrogens is 294 g/mol. The molecule has 0 bridgehead atoms. The average molecular weight is 299 g/mol. The van der Waals surface area contributed by atoms with Crippen LogP contribution >= 0.6 is 0 Å². The molecule has 1 aromatic carbocycles. The highest BCUT2D eigenvalue weighted by Gasteiger charge is 2.44. The van der Waals surface area contributed by atoms with Crippen LogP contribution in [-0.2, 0) is 17.1 Å². The van der Waals surface area contributed by atoms with Crippen molar-refractivity contribution in [3.05, 3.63) is 34.9 Å². The lowest BCUT2D eigenvalue weighted by Gasteiger charge is -2.23. The third-order valence-electron chi connectivity index (χ3n) is 2.17. The van der Waals surface area contributed by atoms with Crippen LogP contribution in [-0.4, -0.2) is 11.1 Å². The fourth-order valence-electron chi connectivity index (χ4n) is 1.49. The first kappa shape index (κ1) is 15.9. The minimum Gasteiger partial charge on any atom is -0.872 e. The lowest BCUT2D eigenvalue weighted by atomic mass is 9.98. The van der Waals surface area contributed by atoms with Crippen molar-refractivity contribution in [3.8, 4) is 5.75 Å². The summed E-state index contributed by atoms with van der Waals surface area (Å²) < 4.78 is 75.9. The Morgan fingerprint density at radius 3 is 1.95 bits per heavy atom. The number of carboxylic acids is 1. The summed E-state index contributed by atoms with van der Waals surface area (Å²) in [6, 6.07) is 0.791. The molecule has 110 valence electrons. The number of halogens is 6. The second-order valence-corrected chi connectivity index (χ2v) is 3.57. The van der Waals surface area contributed by atoms with Crippen LogP contribution in [0.2, 0.25) is 0 Å². The summed E-state index contributed by atoms with van der Waals surface area (Å²) in [7, 11) is 0. The molecule has 20 heavy (non-hydrogen) atoms. The van der Waals surface area contributed by atoms with Crippen molar-refractivity contribution in [3.63, 3.8) is 0 Å². The molecule has 0 aliphatic heterocycles. The van der Waals surface area contributed by atoms with E-state index in [9.17, 15) is 36.2 Å². The number of carboxylic acid groups (broad SMARTS) is 1. The first-order valence-corrected chi connectivity index (χ1v) is 4.84. The van der Waals surface area contributed by atoms with Gasteiger partial charge in [-0.25, -0.2) is 4.79 Å². The predicted octanol–water partition coefficient (Wildman–Crippen LogP) is 2.90. The van der Waals surface area contributed by atoms with Gasteiger partial charge in [-0.3, -0.25) is 0 Å². The second kappa shape index (κ2) is 5.06. The van der Waals surface area contributed by atoms with Crippen molar-refractivity contribution in [2.75, 3.05) is 0 Å². The maximum absolute atomic E-state index is 12.7. The molecule has 0 spiro atoms. The predicted molar refractivity (Wildman–Crippen MR) is 52.6 cm³/mol. The van der Waals surface area contributed by atoms with Crippen LogP contribution in [0.1, 0.15) is 16.7 Å². The summed E-state index contributed by atoms with van der Waals surface area (Å²) in [6.07, 6.45) is -10.4. The Balaban J connectivity index is 3.68. The van der Waals surface area contributed by atoms with Gasteiger partial charge >= 0.3 is 18.3 Å². The monoisotopic (exact) mass is 299 g/mol. The van der Waals surface area contributed by atoms with Gasteiger partial charge in [0.2, 0.25) is 0 Å². The smallest absolute Gasteiger partial charge is 0.417 e. The number of alkyl halides is 6. The molecule has 0 atom stereocenters. The van der Waals surface area contributed by atoms with Crippen molar-refractivity contribution in [1.29, 1.82) is 0 Å². The number of carbonyl (C=O) groups is 1. The molecule has 0 unspecified atom stereocenters. The summed E-state index contributed by atoms with van der Waals surface area (Å²) in [6.45, 7) is 0. The Morgan fingerprint density at radius 2 is 1.55 bits per heavy atom. The average Bonchev–Trinajstić information content (AvgIpc) is 2.23. The SMILES string of the molecule is O=C(O)/C=C/c1ccc([O-])c(C(F)(F)F)c1C(F)(F)F. The van der Waals surface area contributed by atoms with Crippen molar-refractivity contribution in [2.45, 2.75) is 12.4 Å². The van der Waals surface area contributed by atoms with Crippen molar-refractivity contribution < 1.29 is 41.4 Å². The largest absolute Gasteiger partial charge is 0.872 e. The zero-order valence-electron chi connectivity index (χ0n) is 9.34. The first-order chi connectivity index (χ1) is 8.94. The van der Waals surface area contributed by atoms with Crippen LogP contribution in [0.4, 0.5) is 26.3 Å². The lowest BCUT2D eigenvalue weighted by Crippen LogP contribution is -2.20. The molecule has 0 fully saturated rings. The van der Waals surface area contributed by atoms with Crippen molar-refractivity contribution in [2.24, 2.45) is 0 Å². The van der Waals surface area contributed by atoms with Crippen LogP contribution in [0.3, 0.4) is 0 Å². The van der Waals surface area contributed by atoms with E-state index < -0.39 is 40.8 Å². The third kappa shape index (κ3) is 3.43. The zero-order chi connectivity index (χ0) is 15.7. The molecule has 0 radical (unpaired) electrons. The number of hydrogen-bond donors (Lipinski definition) is 1. The van der Waals surface area contributed by atoms with Crippen LogP contribution in [0.5, 0.6) is 5.75 Å². The van der Waals surface area contributed by atoms with Gasteiger partial charge in [0.15, 0.2) is 0 Å². The molecular formula is C11H5F6O3-. The van der Waals surface area contributed by atoms with E-state index in [1.807, 2.05) is 0 Å². The summed E-state index contributed by atoms with van der Waals surface area (Å²) in [5.74, 6) is -3.48. The maximum Gasteiger partial charge on any atom is 0.417 e. The molecule has 0 saturated carbocycles. The highest BCUT2D eigenvalue weighted by molar-refractivity contribution is 5.85. The van der Waals surface area contributed by atoms with Gasteiger partial charge < -0.3 is 10.2 Å². The Morgan fingerprint density at radius 1 is 1.05 bits per heavy atom. The normalized spacial score (nSPS) is 12.9. The topological polar surface area (TPSA) is 60.4 Å². The van der Waals surface area contributed by atoms with E-state index in [-0.39, 0.29) is 6.08 Å². The van der Waals surface area contributed by atoms with Gasteiger partial charge in [0.1, 0.15) is 0 Å². The number of rotatable bonds is 2. The van der Waals surface area contributed by atoms with Gasteiger partial charge in [-0.05, 0) is 11.6 Å². The molecule has 1 aromatic rings. The Labute approximate surface area is 107 Å². The van der Waals surface area contributed by atoms with E-state index in [0.29, 0.717) is 18.2 Å². The van der Waals surface area contributed by atoms with Crippen molar-refractivity contribution in [1.82, 2.24) is 0 Å². The number of hydrogen-bond acceptors (Lipinski definition) is 2. The standard InChI is InChI=1S/C11H6F6O3/c12-10(13,14)8-5(2-4-7(19)20)1-3-6(18)9(8)11(15,16)17/h1-4,18H,(H,19,20)/p-1/b4-2+. The Kier molecular flexibility index (Phi) is 4.02. The molecule has 0 saturated heterocycles. The van der Waals surface area contributed by atoms with E-state index >= 15 is 0 Å². The minimum atomic E-state index is -5.50. The highest BCUT2D eigenvalue weighted by atomic mass is 19.4. The van der Waals surface area contributed by atoms with Crippen molar-refractivity contribution >= 4 is 12.0 Å². The molecule has 0 aliphatic carbocycles. The van der Waals surface area contributed by atoms with Crippen LogP contribution in [0.25, 0.3) is 6.08 Å². The third-order valence-corrected chi connectivity index (χ3v) is 2.17. The summed E-state index contributed by atoms with van der Waals surface area (Å²) >= 11 is 0. The lowest BCUT2D eigenvalue weighted by molar-refractivity contribution is -0.277. The number of aliphatic carboxylic acids is 1. The summed E-state index contributed by atoms with van der Waals surface area (Å²) in [5, 5.41) is 19.4. The fraction of sp³-hybridized carbons (Fsp3) is 0.182. The van der Waals surface area contributed by atoms with E-state index in [0.717, 1.165) is 0 Å². The van der Waals surface area contributed by atoms with Gasteiger partial charge in [-0.15, -0.1) is 0 Å². The Bertz CT molecular complexity index is 557. The van der Waals surface area contributed by atoms with Crippen LogP contribution in [0, 0.1) is 0 Å². The maximum atomic E-state index is 12.7. The number of benzene rings is 1.